The van der Waals surface area contributed by atoms with Gasteiger partial charge in [0.05, 0.1) is 3.81 Å². The molecule has 0 aliphatic carbocycles. The molecule has 0 heterocycles. The van der Waals surface area contributed by atoms with Gasteiger partial charge >= 0.3 is 6.18 Å². The van der Waals surface area contributed by atoms with Crippen LogP contribution in [-0.2, 0) is 4.79 Å². The molecule has 0 aliphatic rings. The quantitative estimate of drug-likeness (QED) is 0.547. The lowest BCUT2D eigenvalue weighted by atomic mass is 10.2. The molecule has 4 N–H and O–H groups in total. The number of thioether (sulfide) groups is 1. The monoisotopic (exact) mass is 413 g/mol. The van der Waals surface area contributed by atoms with Crippen LogP contribution >= 0.6 is 27.7 Å². The maximum atomic E-state index is 12.2. The first-order chi connectivity index (χ1) is 10.5. The van der Waals surface area contributed by atoms with Crippen LogP contribution in [0.3, 0.4) is 0 Å². The number of carbonyl (C=O) groups excluding carboxylic acids is 1. The molecule has 0 unspecified atom stereocenters. The van der Waals surface area contributed by atoms with E-state index in [1.54, 1.807) is 13.0 Å². The van der Waals surface area contributed by atoms with Gasteiger partial charge in [0.15, 0.2) is 0 Å². The Morgan fingerprint density at radius 1 is 1.43 bits per heavy atom. The van der Waals surface area contributed by atoms with Gasteiger partial charge in [0.1, 0.15) is 11.4 Å². The molecule has 0 rings (SSSR count). The van der Waals surface area contributed by atoms with E-state index in [1.807, 2.05) is 13.8 Å². The summed E-state index contributed by atoms with van der Waals surface area (Å²) >= 11 is 4.83. The highest BCUT2D eigenvalue weighted by molar-refractivity contribution is 9.14. The highest BCUT2D eigenvalue weighted by Crippen LogP contribution is 2.33. The SMILES string of the molecule is C/C=C(/CNC(=O)C(=N)/C=C(\N)C(F)(F)F)SC(Br)=C(C)CC. The maximum absolute atomic E-state index is 12.2. The molecular weight excluding hydrogens is 395 g/mol. The summed E-state index contributed by atoms with van der Waals surface area (Å²) in [7, 11) is 0. The molecule has 9 heteroatoms. The van der Waals surface area contributed by atoms with Crippen LogP contribution in [0.4, 0.5) is 13.2 Å². The van der Waals surface area contributed by atoms with Crippen LogP contribution in [0.15, 0.2) is 32.1 Å². The summed E-state index contributed by atoms with van der Waals surface area (Å²) in [4.78, 5) is 12.4. The number of amides is 1. The summed E-state index contributed by atoms with van der Waals surface area (Å²) in [6.07, 6.45) is -1.82. The van der Waals surface area contributed by atoms with Gasteiger partial charge in [-0.05, 0) is 42.3 Å². The summed E-state index contributed by atoms with van der Waals surface area (Å²) in [6, 6.07) is 0. The molecule has 0 saturated carbocycles. The number of carbonyl (C=O) groups is 1. The van der Waals surface area contributed by atoms with Crippen molar-refractivity contribution in [3.63, 3.8) is 0 Å². The van der Waals surface area contributed by atoms with Gasteiger partial charge in [0.2, 0.25) is 0 Å². The first-order valence-corrected chi connectivity index (χ1v) is 8.23. The largest absolute Gasteiger partial charge is 0.430 e. The van der Waals surface area contributed by atoms with Gasteiger partial charge in [-0.25, -0.2) is 0 Å². The van der Waals surface area contributed by atoms with Crippen molar-refractivity contribution in [1.82, 2.24) is 5.32 Å². The Balaban J connectivity index is 4.73. The second kappa shape index (κ2) is 9.82. The zero-order valence-corrected chi connectivity index (χ0v) is 15.4. The highest BCUT2D eigenvalue weighted by atomic mass is 79.9. The van der Waals surface area contributed by atoms with Gasteiger partial charge in [-0.15, -0.1) is 0 Å². The molecule has 0 fully saturated rings. The summed E-state index contributed by atoms with van der Waals surface area (Å²) in [5.41, 5.74) is 3.58. The van der Waals surface area contributed by atoms with Crippen molar-refractivity contribution in [3.05, 3.63) is 32.1 Å². The molecule has 0 aromatic rings. The van der Waals surface area contributed by atoms with Gasteiger partial charge in [-0.2, -0.15) is 13.2 Å². The average molecular weight is 414 g/mol. The zero-order chi connectivity index (χ0) is 18.2. The van der Waals surface area contributed by atoms with E-state index in [-0.39, 0.29) is 6.54 Å². The van der Waals surface area contributed by atoms with E-state index in [4.69, 9.17) is 11.1 Å². The van der Waals surface area contributed by atoms with Crippen LogP contribution in [-0.4, -0.2) is 24.3 Å². The van der Waals surface area contributed by atoms with Gasteiger partial charge in [-0.3, -0.25) is 10.2 Å². The zero-order valence-electron chi connectivity index (χ0n) is 13.0. The molecule has 0 radical (unpaired) electrons. The van der Waals surface area contributed by atoms with Crippen molar-refractivity contribution in [2.75, 3.05) is 6.54 Å². The molecule has 130 valence electrons. The van der Waals surface area contributed by atoms with E-state index < -0.39 is 23.5 Å². The van der Waals surface area contributed by atoms with E-state index in [2.05, 4.69) is 21.2 Å². The summed E-state index contributed by atoms with van der Waals surface area (Å²) < 4.78 is 37.7. The fourth-order valence-electron chi connectivity index (χ4n) is 1.10. The van der Waals surface area contributed by atoms with Crippen LogP contribution in [0, 0.1) is 5.41 Å². The second-order valence-corrected chi connectivity index (χ2v) is 6.91. The van der Waals surface area contributed by atoms with Crippen LogP contribution in [0.5, 0.6) is 0 Å². The third-order valence-electron chi connectivity index (χ3n) is 2.70. The normalized spacial score (nSPS) is 14.4. The Morgan fingerprint density at radius 2 is 2.00 bits per heavy atom. The van der Waals surface area contributed by atoms with E-state index in [0.717, 1.165) is 20.7 Å². The van der Waals surface area contributed by atoms with Gasteiger partial charge < -0.3 is 11.1 Å². The standard InChI is InChI=1S/C14H19BrF3N3OS/c1-4-8(3)12(15)23-9(5-2)7-21-13(22)10(19)6-11(20)14(16,17)18/h5-6,19H,4,7,20H2,1-3H3,(H,21,22)/b9-5-,11-6-,12-8?,19-10?. The summed E-state index contributed by atoms with van der Waals surface area (Å²) in [5.74, 6) is -0.926. The van der Waals surface area contributed by atoms with Crippen LogP contribution in [0.2, 0.25) is 0 Å². The highest BCUT2D eigenvalue weighted by Gasteiger charge is 2.32. The predicted octanol–water partition coefficient (Wildman–Crippen LogP) is 4.20. The Hall–Kier alpha value is -1.22. The summed E-state index contributed by atoms with van der Waals surface area (Å²) in [6.45, 7) is 5.85. The molecule has 0 saturated heterocycles. The predicted molar refractivity (Wildman–Crippen MR) is 92.3 cm³/mol. The molecule has 0 aromatic carbocycles. The first-order valence-electron chi connectivity index (χ1n) is 6.62. The number of alkyl halides is 3. The van der Waals surface area contributed by atoms with Crippen molar-refractivity contribution in [3.8, 4) is 0 Å². The lowest BCUT2D eigenvalue weighted by Gasteiger charge is -2.10. The third kappa shape index (κ3) is 8.26. The molecule has 23 heavy (non-hydrogen) atoms. The van der Waals surface area contributed by atoms with E-state index in [1.165, 1.54) is 11.8 Å². The third-order valence-corrected chi connectivity index (χ3v) is 5.04. The lowest BCUT2D eigenvalue weighted by Crippen LogP contribution is -2.32. The molecule has 0 spiro atoms. The van der Waals surface area contributed by atoms with Crippen molar-refractivity contribution < 1.29 is 18.0 Å². The Kier molecular flexibility index (Phi) is 9.29. The number of hydrogen-bond acceptors (Lipinski definition) is 4. The molecule has 0 bridgehead atoms. The summed E-state index contributed by atoms with van der Waals surface area (Å²) in [5, 5.41) is 9.72. The number of halogens is 4. The van der Waals surface area contributed by atoms with Crippen molar-refractivity contribution in [2.45, 2.75) is 33.4 Å². The minimum atomic E-state index is -4.76. The molecular formula is C14H19BrF3N3OS. The second-order valence-electron chi connectivity index (χ2n) is 4.46. The van der Waals surface area contributed by atoms with Gasteiger partial charge in [-0.1, -0.05) is 30.3 Å². The first kappa shape index (κ1) is 21.8. The molecule has 0 aliphatic heterocycles. The number of hydrogen-bond donors (Lipinski definition) is 3. The number of nitrogens with one attached hydrogen (secondary N) is 2. The maximum Gasteiger partial charge on any atom is 0.430 e. The van der Waals surface area contributed by atoms with Gasteiger partial charge in [0, 0.05) is 11.4 Å². The molecule has 0 atom stereocenters. The molecule has 1 amide bonds. The molecule has 0 aromatic heterocycles. The van der Waals surface area contributed by atoms with Crippen LogP contribution in [0.1, 0.15) is 27.2 Å². The minimum Gasteiger partial charge on any atom is -0.395 e. The number of allylic oxidation sites excluding steroid dienone is 3. The Morgan fingerprint density at radius 3 is 2.43 bits per heavy atom. The van der Waals surface area contributed by atoms with Crippen molar-refractivity contribution in [2.24, 2.45) is 5.73 Å². The van der Waals surface area contributed by atoms with Crippen LogP contribution in [0.25, 0.3) is 0 Å². The lowest BCUT2D eigenvalue weighted by molar-refractivity contribution is -0.114. The fourth-order valence-corrected chi connectivity index (χ4v) is 2.82. The van der Waals surface area contributed by atoms with E-state index >= 15 is 0 Å². The van der Waals surface area contributed by atoms with E-state index in [0.29, 0.717) is 6.08 Å². The number of rotatable bonds is 7. The topological polar surface area (TPSA) is 79.0 Å². The average Bonchev–Trinajstić information content (AvgIpc) is 2.48. The fraction of sp³-hybridized carbons (Fsp3) is 0.429. The van der Waals surface area contributed by atoms with Crippen LogP contribution < -0.4 is 11.1 Å². The van der Waals surface area contributed by atoms with E-state index in [9.17, 15) is 18.0 Å². The Bertz CT molecular complexity index is 554. The van der Waals surface area contributed by atoms with Crippen molar-refractivity contribution in [1.29, 1.82) is 5.41 Å². The van der Waals surface area contributed by atoms with Gasteiger partial charge in [0.25, 0.3) is 5.91 Å². The Labute approximate surface area is 146 Å². The number of nitrogens with two attached hydrogens (primary N) is 1. The smallest absolute Gasteiger partial charge is 0.395 e. The molecule has 4 nitrogen and oxygen atoms in total. The van der Waals surface area contributed by atoms with Crippen molar-refractivity contribution >= 4 is 39.3 Å². The minimum absolute atomic E-state index is 0.105.